The number of ether oxygens (including phenoxy) is 2. The molecule has 0 spiro atoms. The predicted molar refractivity (Wildman–Crippen MR) is 129 cm³/mol. The van der Waals surface area contributed by atoms with Crippen LogP contribution in [-0.2, 0) is 22.6 Å². The maximum Gasteiger partial charge on any atom is 0.242 e. The van der Waals surface area contributed by atoms with Crippen LogP contribution in [0.5, 0.6) is 11.5 Å². The lowest BCUT2D eigenvalue weighted by Gasteiger charge is -2.31. The Kier molecular flexibility index (Phi) is 8.75. The molecule has 0 saturated carbocycles. The minimum Gasteiger partial charge on any atom is -0.486 e. The van der Waals surface area contributed by atoms with Crippen molar-refractivity contribution in [3.63, 3.8) is 0 Å². The molecular weight excluding hydrogens is 416 g/mol. The van der Waals surface area contributed by atoms with E-state index in [1.807, 2.05) is 56.3 Å². The van der Waals surface area contributed by atoms with Gasteiger partial charge >= 0.3 is 0 Å². The van der Waals surface area contributed by atoms with Crippen molar-refractivity contribution in [3.05, 3.63) is 59.2 Å². The molecule has 178 valence electrons. The summed E-state index contributed by atoms with van der Waals surface area (Å²) in [6, 6.07) is 13.4. The van der Waals surface area contributed by atoms with Crippen LogP contribution in [0, 0.1) is 12.8 Å². The minimum absolute atomic E-state index is 0.0305. The third kappa shape index (κ3) is 6.98. The Labute approximate surface area is 197 Å². The van der Waals surface area contributed by atoms with Gasteiger partial charge in [0.25, 0.3) is 0 Å². The topological polar surface area (TPSA) is 67.9 Å². The van der Waals surface area contributed by atoms with Crippen LogP contribution in [0.2, 0.25) is 0 Å². The van der Waals surface area contributed by atoms with E-state index < -0.39 is 6.04 Å². The Hall–Kier alpha value is -3.02. The molecule has 3 rings (SSSR count). The lowest BCUT2D eigenvalue weighted by atomic mass is 10.0. The molecule has 0 unspecified atom stereocenters. The van der Waals surface area contributed by atoms with Crippen LogP contribution in [0.1, 0.15) is 50.3 Å². The van der Waals surface area contributed by atoms with Crippen molar-refractivity contribution in [1.29, 1.82) is 0 Å². The van der Waals surface area contributed by atoms with Gasteiger partial charge in [-0.15, -0.1) is 0 Å². The van der Waals surface area contributed by atoms with Gasteiger partial charge in [0.05, 0.1) is 0 Å². The molecule has 1 aliphatic heterocycles. The Morgan fingerprint density at radius 1 is 1.00 bits per heavy atom. The van der Waals surface area contributed by atoms with Crippen molar-refractivity contribution in [2.75, 3.05) is 19.8 Å². The molecule has 0 bridgehead atoms. The summed E-state index contributed by atoms with van der Waals surface area (Å²) in [6.07, 6.45) is 1.45. The van der Waals surface area contributed by atoms with Crippen molar-refractivity contribution in [3.8, 4) is 11.5 Å². The molecule has 1 aliphatic rings. The number of rotatable bonds is 10. The van der Waals surface area contributed by atoms with E-state index in [9.17, 15) is 9.59 Å². The maximum absolute atomic E-state index is 13.4. The summed E-state index contributed by atoms with van der Waals surface area (Å²) >= 11 is 0. The standard InChI is InChI=1S/C27H36N2O4/c1-5-23(27(31)28-17-19(2)3)29(18-22-8-6-20(4)7-9-22)26(30)13-11-21-10-12-24-25(16-21)33-15-14-32-24/h6-10,12,16,19,23H,5,11,13-15,17-18H2,1-4H3,(H,28,31)/t23-/m1/s1. The minimum atomic E-state index is -0.502. The van der Waals surface area contributed by atoms with Crippen molar-refractivity contribution in [1.82, 2.24) is 10.2 Å². The summed E-state index contributed by atoms with van der Waals surface area (Å²) in [5.41, 5.74) is 3.19. The highest BCUT2D eigenvalue weighted by Gasteiger charge is 2.28. The average molecular weight is 453 g/mol. The van der Waals surface area contributed by atoms with Gasteiger partial charge in [-0.1, -0.05) is 56.7 Å². The number of aryl methyl sites for hydroxylation is 2. The van der Waals surface area contributed by atoms with Crippen molar-refractivity contribution < 1.29 is 19.1 Å². The monoisotopic (exact) mass is 452 g/mol. The van der Waals surface area contributed by atoms with Crippen molar-refractivity contribution in [2.45, 2.75) is 59.5 Å². The van der Waals surface area contributed by atoms with Gasteiger partial charge in [-0.25, -0.2) is 0 Å². The van der Waals surface area contributed by atoms with Gasteiger partial charge in [0, 0.05) is 19.5 Å². The van der Waals surface area contributed by atoms with Crippen molar-refractivity contribution in [2.24, 2.45) is 5.92 Å². The second-order valence-corrected chi connectivity index (χ2v) is 9.05. The summed E-state index contributed by atoms with van der Waals surface area (Å²) < 4.78 is 11.3. The second kappa shape index (κ2) is 11.7. The molecule has 0 fully saturated rings. The summed E-state index contributed by atoms with van der Waals surface area (Å²) in [5, 5.41) is 3.01. The highest BCUT2D eigenvalue weighted by atomic mass is 16.6. The summed E-state index contributed by atoms with van der Waals surface area (Å²) in [5.74, 6) is 1.69. The number of carbonyl (C=O) groups is 2. The van der Waals surface area contributed by atoms with Gasteiger partial charge in [0.1, 0.15) is 19.3 Å². The molecule has 0 aromatic heterocycles. The normalized spacial score (nSPS) is 13.5. The van der Waals surface area contributed by atoms with Crippen molar-refractivity contribution >= 4 is 11.8 Å². The molecule has 2 aromatic rings. The fraction of sp³-hybridized carbons (Fsp3) is 0.481. The first-order valence-electron chi connectivity index (χ1n) is 11.9. The Balaban J connectivity index is 1.74. The number of fused-ring (bicyclic) bond motifs is 1. The largest absolute Gasteiger partial charge is 0.486 e. The molecular formula is C27H36N2O4. The fourth-order valence-electron chi connectivity index (χ4n) is 3.87. The van der Waals surface area contributed by atoms with E-state index in [1.54, 1.807) is 4.90 Å². The lowest BCUT2D eigenvalue weighted by molar-refractivity contribution is -0.141. The van der Waals surface area contributed by atoms with Crippen LogP contribution in [0.4, 0.5) is 0 Å². The molecule has 0 radical (unpaired) electrons. The third-order valence-electron chi connectivity index (χ3n) is 5.78. The highest BCUT2D eigenvalue weighted by Crippen LogP contribution is 2.31. The first-order valence-corrected chi connectivity index (χ1v) is 11.9. The number of carbonyl (C=O) groups excluding carboxylic acids is 2. The molecule has 6 heteroatoms. The summed E-state index contributed by atoms with van der Waals surface area (Å²) in [4.78, 5) is 28.1. The first-order chi connectivity index (χ1) is 15.9. The molecule has 0 saturated heterocycles. The van der Waals surface area contributed by atoms with E-state index in [4.69, 9.17) is 9.47 Å². The quantitative estimate of drug-likeness (QED) is 0.584. The number of hydrogen-bond acceptors (Lipinski definition) is 4. The summed E-state index contributed by atoms with van der Waals surface area (Å²) in [6.45, 7) is 10.2. The number of hydrogen-bond donors (Lipinski definition) is 1. The molecule has 0 aliphatic carbocycles. The molecule has 2 amide bonds. The zero-order valence-electron chi connectivity index (χ0n) is 20.2. The third-order valence-corrected chi connectivity index (χ3v) is 5.78. The smallest absolute Gasteiger partial charge is 0.242 e. The zero-order valence-corrected chi connectivity index (χ0v) is 20.2. The van der Waals surface area contributed by atoms with Gasteiger partial charge in [-0.3, -0.25) is 9.59 Å². The molecule has 1 heterocycles. The molecule has 6 nitrogen and oxygen atoms in total. The fourth-order valence-corrected chi connectivity index (χ4v) is 3.87. The molecule has 33 heavy (non-hydrogen) atoms. The van der Waals surface area contributed by atoms with Gasteiger partial charge < -0.3 is 19.7 Å². The average Bonchev–Trinajstić information content (AvgIpc) is 2.82. The SMILES string of the molecule is CC[C@H](C(=O)NCC(C)C)N(Cc1ccc(C)cc1)C(=O)CCc1ccc2c(c1)OCCO2. The first kappa shape index (κ1) is 24.6. The van der Waals surface area contributed by atoms with Crippen LogP contribution in [0.3, 0.4) is 0 Å². The number of nitrogens with zero attached hydrogens (tertiary/aromatic N) is 1. The molecule has 1 atom stereocenters. The number of amides is 2. The predicted octanol–water partition coefficient (Wildman–Crippen LogP) is 4.28. The van der Waals surface area contributed by atoms with E-state index in [0.717, 1.165) is 28.2 Å². The maximum atomic E-state index is 13.4. The second-order valence-electron chi connectivity index (χ2n) is 9.05. The van der Waals surface area contributed by atoms with Crippen LogP contribution in [0.15, 0.2) is 42.5 Å². The van der Waals surface area contributed by atoms with Crippen LogP contribution >= 0.6 is 0 Å². The summed E-state index contributed by atoms with van der Waals surface area (Å²) in [7, 11) is 0. The van der Waals surface area contributed by atoms with Gasteiger partial charge in [0.2, 0.25) is 11.8 Å². The van der Waals surface area contributed by atoms with Gasteiger partial charge in [-0.2, -0.15) is 0 Å². The van der Waals surface area contributed by atoms with Crippen LogP contribution < -0.4 is 14.8 Å². The van der Waals surface area contributed by atoms with Crippen LogP contribution in [0.25, 0.3) is 0 Å². The molecule has 1 N–H and O–H groups in total. The van der Waals surface area contributed by atoms with Gasteiger partial charge in [0.15, 0.2) is 11.5 Å². The zero-order chi connectivity index (χ0) is 23.8. The van der Waals surface area contributed by atoms with Gasteiger partial charge in [-0.05, 0) is 48.9 Å². The number of nitrogens with one attached hydrogen (secondary N) is 1. The van der Waals surface area contributed by atoms with E-state index >= 15 is 0 Å². The van der Waals surface area contributed by atoms with E-state index in [-0.39, 0.29) is 11.8 Å². The van der Waals surface area contributed by atoms with E-state index in [0.29, 0.717) is 51.5 Å². The van der Waals surface area contributed by atoms with Crippen LogP contribution in [-0.4, -0.2) is 42.5 Å². The van der Waals surface area contributed by atoms with E-state index in [1.165, 1.54) is 0 Å². The molecule has 2 aromatic carbocycles. The Morgan fingerprint density at radius 2 is 1.67 bits per heavy atom. The Bertz CT molecular complexity index is 940. The highest BCUT2D eigenvalue weighted by molar-refractivity contribution is 5.87. The number of benzene rings is 2. The lowest BCUT2D eigenvalue weighted by Crippen LogP contribution is -2.49. The van der Waals surface area contributed by atoms with E-state index in [2.05, 4.69) is 19.2 Å². The Morgan fingerprint density at radius 3 is 2.33 bits per heavy atom.